The van der Waals surface area contributed by atoms with Gasteiger partial charge in [-0.05, 0) is 18.6 Å². The second-order valence-corrected chi connectivity index (χ2v) is 2.57. The van der Waals surface area contributed by atoms with Gasteiger partial charge in [-0.25, -0.2) is 0 Å². The predicted octanol–water partition coefficient (Wildman–Crippen LogP) is 1.54. The minimum atomic E-state index is 0.121. The number of aryl methyl sites for hydroxylation is 2. The summed E-state index contributed by atoms with van der Waals surface area (Å²) in [5, 5.41) is 0. The van der Waals surface area contributed by atoms with Crippen LogP contribution < -0.4 is 0 Å². The highest BCUT2D eigenvalue weighted by Gasteiger charge is 2.03. The maximum Gasteiger partial charge on any atom is 0.176 e. The maximum atomic E-state index is 10.9. The SMILES string of the molecule is CC(=O)c1cc(C)cn1C. The molecule has 2 heteroatoms. The Hall–Kier alpha value is -1.05. The smallest absolute Gasteiger partial charge is 0.176 e. The average molecular weight is 137 g/mol. The van der Waals surface area contributed by atoms with Crippen molar-refractivity contribution in [2.75, 3.05) is 0 Å². The zero-order chi connectivity index (χ0) is 7.72. The normalized spacial score (nSPS) is 9.90. The minimum absolute atomic E-state index is 0.121. The molecule has 0 spiro atoms. The molecule has 1 heterocycles. The third-order valence-electron chi connectivity index (χ3n) is 1.50. The molecule has 54 valence electrons. The van der Waals surface area contributed by atoms with E-state index in [0.29, 0.717) is 0 Å². The molecule has 0 fully saturated rings. The van der Waals surface area contributed by atoms with Crippen molar-refractivity contribution in [1.82, 2.24) is 4.57 Å². The second-order valence-electron chi connectivity index (χ2n) is 2.57. The number of aromatic nitrogens is 1. The Labute approximate surface area is 60.5 Å². The highest BCUT2D eigenvalue weighted by atomic mass is 16.1. The third-order valence-corrected chi connectivity index (χ3v) is 1.50. The van der Waals surface area contributed by atoms with Gasteiger partial charge >= 0.3 is 0 Å². The summed E-state index contributed by atoms with van der Waals surface area (Å²) in [5.41, 5.74) is 1.91. The number of hydrogen-bond donors (Lipinski definition) is 0. The molecular formula is C8H11NO. The zero-order valence-electron chi connectivity index (χ0n) is 6.51. The molecule has 0 aliphatic carbocycles. The van der Waals surface area contributed by atoms with Gasteiger partial charge in [0, 0.05) is 20.2 Å². The van der Waals surface area contributed by atoms with E-state index in [1.807, 2.05) is 30.8 Å². The highest BCUT2D eigenvalue weighted by molar-refractivity contribution is 5.92. The molecule has 0 saturated carbocycles. The highest BCUT2D eigenvalue weighted by Crippen LogP contribution is 2.05. The van der Waals surface area contributed by atoms with E-state index in [1.54, 1.807) is 6.92 Å². The van der Waals surface area contributed by atoms with Crippen LogP contribution in [0, 0.1) is 6.92 Å². The van der Waals surface area contributed by atoms with Crippen LogP contribution in [0.2, 0.25) is 0 Å². The Bertz CT molecular complexity index is 260. The molecule has 0 aliphatic heterocycles. The first-order valence-corrected chi connectivity index (χ1v) is 3.25. The molecule has 0 atom stereocenters. The molecule has 0 unspecified atom stereocenters. The standard InChI is InChI=1S/C8H11NO/c1-6-4-8(7(2)10)9(3)5-6/h4-5H,1-3H3. The average Bonchev–Trinajstić information content (AvgIpc) is 2.10. The number of rotatable bonds is 1. The van der Waals surface area contributed by atoms with Gasteiger partial charge in [0.05, 0.1) is 5.69 Å². The topological polar surface area (TPSA) is 22.0 Å². The fourth-order valence-corrected chi connectivity index (χ4v) is 1.08. The van der Waals surface area contributed by atoms with Gasteiger partial charge in [-0.2, -0.15) is 0 Å². The van der Waals surface area contributed by atoms with Gasteiger partial charge in [0.25, 0.3) is 0 Å². The van der Waals surface area contributed by atoms with E-state index >= 15 is 0 Å². The van der Waals surface area contributed by atoms with E-state index in [2.05, 4.69) is 0 Å². The monoisotopic (exact) mass is 137 g/mol. The van der Waals surface area contributed by atoms with Crippen LogP contribution in [-0.2, 0) is 7.05 Å². The Morgan fingerprint density at radius 3 is 2.40 bits per heavy atom. The van der Waals surface area contributed by atoms with Crippen LogP contribution in [0.3, 0.4) is 0 Å². The fourth-order valence-electron chi connectivity index (χ4n) is 1.08. The van der Waals surface area contributed by atoms with Gasteiger partial charge in [-0.15, -0.1) is 0 Å². The second kappa shape index (κ2) is 2.29. The van der Waals surface area contributed by atoms with E-state index in [-0.39, 0.29) is 5.78 Å². The quantitative estimate of drug-likeness (QED) is 0.538. The lowest BCUT2D eigenvalue weighted by Gasteiger charge is -1.94. The molecule has 0 amide bonds. The first kappa shape index (κ1) is 7.06. The van der Waals surface area contributed by atoms with Gasteiger partial charge in [-0.3, -0.25) is 4.79 Å². The Morgan fingerprint density at radius 1 is 1.60 bits per heavy atom. The molecule has 0 N–H and O–H groups in total. The van der Waals surface area contributed by atoms with Crippen LogP contribution in [0.5, 0.6) is 0 Å². The van der Waals surface area contributed by atoms with Crippen molar-refractivity contribution in [3.8, 4) is 0 Å². The third kappa shape index (κ3) is 1.10. The molecule has 1 aromatic heterocycles. The van der Waals surface area contributed by atoms with Crippen LogP contribution in [-0.4, -0.2) is 10.4 Å². The number of hydrogen-bond acceptors (Lipinski definition) is 1. The number of Topliss-reactive ketones (excluding diaryl/α,β-unsaturated/α-hetero) is 1. The van der Waals surface area contributed by atoms with Crippen molar-refractivity contribution in [2.24, 2.45) is 7.05 Å². The van der Waals surface area contributed by atoms with E-state index in [1.165, 1.54) is 0 Å². The summed E-state index contributed by atoms with van der Waals surface area (Å²) >= 11 is 0. The van der Waals surface area contributed by atoms with E-state index < -0.39 is 0 Å². The summed E-state index contributed by atoms with van der Waals surface area (Å²) in [6, 6.07) is 1.89. The van der Waals surface area contributed by atoms with E-state index in [9.17, 15) is 4.79 Å². The van der Waals surface area contributed by atoms with Gasteiger partial charge in [0.2, 0.25) is 0 Å². The summed E-state index contributed by atoms with van der Waals surface area (Å²) in [4.78, 5) is 10.9. The Balaban J connectivity index is 3.15. The maximum absolute atomic E-state index is 10.9. The van der Waals surface area contributed by atoms with Gasteiger partial charge in [0.15, 0.2) is 5.78 Å². The summed E-state index contributed by atoms with van der Waals surface area (Å²) in [5.74, 6) is 0.121. The molecule has 2 nitrogen and oxygen atoms in total. The molecule has 0 bridgehead atoms. The van der Waals surface area contributed by atoms with Gasteiger partial charge in [0.1, 0.15) is 0 Å². The Morgan fingerprint density at radius 2 is 2.20 bits per heavy atom. The van der Waals surface area contributed by atoms with Crippen LogP contribution >= 0.6 is 0 Å². The first-order valence-electron chi connectivity index (χ1n) is 3.25. The van der Waals surface area contributed by atoms with E-state index in [4.69, 9.17) is 0 Å². The lowest BCUT2D eigenvalue weighted by Crippen LogP contribution is -1.99. The van der Waals surface area contributed by atoms with Crippen LogP contribution in [0.4, 0.5) is 0 Å². The zero-order valence-corrected chi connectivity index (χ0v) is 6.51. The lowest BCUT2D eigenvalue weighted by atomic mass is 10.3. The number of ketones is 1. The largest absolute Gasteiger partial charge is 0.348 e. The Kier molecular flexibility index (Phi) is 1.62. The summed E-state index contributed by atoms with van der Waals surface area (Å²) in [7, 11) is 1.88. The first-order chi connectivity index (χ1) is 4.61. The number of carbonyl (C=O) groups is 1. The molecule has 0 radical (unpaired) electrons. The summed E-state index contributed by atoms with van der Waals surface area (Å²) in [6.07, 6.45) is 1.94. The number of carbonyl (C=O) groups excluding carboxylic acids is 1. The van der Waals surface area contributed by atoms with Gasteiger partial charge in [-0.1, -0.05) is 0 Å². The van der Waals surface area contributed by atoms with Crippen LogP contribution in [0.15, 0.2) is 12.3 Å². The van der Waals surface area contributed by atoms with Crippen molar-refractivity contribution < 1.29 is 4.79 Å². The minimum Gasteiger partial charge on any atom is -0.348 e. The van der Waals surface area contributed by atoms with Gasteiger partial charge < -0.3 is 4.57 Å². The van der Waals surface area contributed by atoms with Crippen molar-refractivity contribution in [3.05, 3.63) is 23.5 Å². The predicted molar refractivity (Wildman–Crippen MR) is 40.2 cm³/mol. The van der Waals surface area contributed by atoms with Crippen molar-refractivity contribution in [2.45, 2.75) is 13.8 Å². The molecule has 0 aliphatic rings. The van der Waals surface area contributed by atoms with Crippen molar-refractivity contribution in [1.29, 1.82) is 0 Å². The molecule has 1 aromatic rings. The lowest BCUT2D eigenvalue weighted by molar-refractivity contribution is 0.101. The van der Waals surface area contributed by atoms with Crippen molar-refractivity contribution >= 4 is 5.78 Å². The fraction of sp³-hybridized carbons (Fsp3) is 0.375. The molecule has 0 aromatic carbocycles. The molecule has 0 saturated heterocycles. The molecule has 10 heavy (non-hydrogen) atoms. The van der Waals surface area contributed by atoms with E-state index in [0.717, 1.165) is 11.3 Å². The number of nitrogens with zero attached hydrogens (tertiary/aromatic N) is 1. The van der Waals surface area contributed by atoms with Crippen molar-refractivity contribution in [3.63, 3.8) is 0 Å². The summed E-state index contributed by atoms with van der Waals surface area (Å²) < 4.78 is 1.84. The van der Waals surface area contributed by atoms with Crippen LogP contribution in [0.25, 0.3) is 0 Å². The van der Waals surface area contributed by atoms with Crippen LogP contribution in [0.1, 0.15) is 23.0 Å². The molecular weight excluding hydrogens is 126 g/mol. The molecule has 1 rings (SSSR count). The summed E-state index contributed by atoms with van der Waals surface area (Å²) in [6.45, 7) is 3.56.